The molecule has 1 N–H and O–H groups in total. The fraction of sp³-hybridized carbons (Fsp3) is 0.673. The van der Waals surface area contributed by atoms with E-state index in [0.717, 1.165) is 43.3 Å². The summed E-state index contributed by atoms with van der Waals surface area (Å²) in [6, 6.07) is 23.3. The smallest absolute Gasteiger partial charge is 0.0963 e. The maximum atomic E-state index is 12.9. The van der Waals surface area contributed by atoms with Gasteiger partial charge in [-0.25, -0.2) is 0 Å². The third kappa shape index (κ3) is 7.37. The first kappa shape index (κ1) is 45.8. The van der Waals surface area contributed by atoms with Crippen LogP contribution < -0.4 is 5.32 Å². The van der Waals surface area contributed by atoms with Crippen molar-refractivity contribution in [1.82, 2.24) is 10.2 Å². The molecule has 3 heterocycles. The molecule has 6 bridgehead atoms. The number of nitrogens with zero attached hydrogens (tertiary/aromatic N) is 2. The average Bonchev–Trinajstić information content (AvgIpc) is 3.22. The summed E-state index contributed by atoms with van der Waals surface area (Å²) in [4.78, 5) is 2.65. The Labute approximate surface area is 372 Å². The van der Waals surface area contributed by atoms with E-state index in [2.05, 4.69) is 92.6 Å². The second-order valence-corrected chi connectivity index (χ2v) is 21.4. The molecule has 3 aromatic rings. The lowest BCUT2D eigenvalue weighted by Crippen LogP contribution is -2.66. The minimum absolute atomic E-state index is 0. The molecule has 0 amide bonds. The van der Waals surface area contributed by atoms with E-state index < -0.39 is 0 Å². The number of rotatable bonds is 0. The zero-order valence-electron chi connectivity index (χ0n) is 36.7. The molecule has 0 aromatic heterocycles. The van der Waals surface area contributed by atoms with Gasteiger partial charge in [-0.2, -0.15) is 0 Å². The van der Waals surface area contributed by atoms with Gasteiger partial charge in [-0.3, -0.25) is 0 Å². The van der Waals surface area contributed by atoms with E-state index in [0.29, 0.717) is 28.2 Å². The number of hydrogen-bond donors (Lipinski definition) is 1. The van der Waals surface area contributed by atoms with Gasteiger partial charge in [0.15, 0.2) is 0 Å². The van der Waals surface area contributed by atoms with Crippen molar-refractivity contribution in [2.45, 2.75) is 186 Å². The number of piperidine rings is 3. The van der Waals surface area contributed by atoms with Crippen LogP contribution in [0, 0.1) is 43.7 Å². The Morgan fingerprint density at radius 3 is 1.67 bits per heavy atom. The molecule has 9 aliphatic rings. The van der Waals surface area contributed by atoms with Gasteiger partial charge in [0.1, 0.15) is 0 Å². The molecule has 3 saturated carbocycles. The van der Waals surface area contributed by atoms with E-state index in [1.165, 1.54) is 138 Å². The van der Waals surface area contributed by atoms with Crippen LogP contribution in [-0.2, 0) is 35.5 Å². The van der Waals surface area contributed by atoms with Crippen molar-refractivity contribution in [3.05, 3.63) is 110 Å². The van der Waals surface area contributed by atoms with E-state index in [4.69, 9.17) is 0 Å². The standard InChI is InChI=1S/C18H25NO.C18H25N.C17H23N.2CH4.ClH/c1-13-6-7-14-12-17-15-5-3-4-8-18(15,16(14)11-13)9-10-19(17,2)20;1-13-6-7-14-12-17-15-5-3-4-8-18(15,16(14)11-13)9-10-19(17)2;1-12-5-6-13-11-16-14-4-2-3-7-17(14,8-9-18-16)15(13)10-12;;;/h6-7,11,15,17H,3-5,8-10,12H2,1-2H3;6-7,11,15,17H,3-5,8-10,12H2,1-2H3;5-6,10,14,16,18H,2-4,7-9,11H2,1H3;2*1H4;1H/t15?,17?,18-,19-;15?,17?,18-;14?,16?,17-;;;/m000.../s1. The summed E-state index contributed by atoms with van der Waals surface area (Å²) in [5.41, 5.74) is 15.5. The van der Waals surface area contributed by atoms with Gasteiger partial charge in [-0.05, 0) is 150 Å². The van der Waals surface area contributed by atoms with Gasteiger partial charge < -0.3 is 20.1 Å². The lowest BCUT2D eigenvalue weighted by molar-refractivity contribution is -0.899. The van der Waals surface area contributed by atoms with Gasteiger partial charge in [0.2, 0.25) is 0 Å². The third-order valence-corrected chi connectivity index (χ3v) is 18.6. The molecule has 4 nitrogen and oxygen atoms in total. The molecular formula is C55H82ClN3O. The highest BCUT2D eigenvalue weighted by Crippen LogP contribution is 2.58. The first-order valence-electron chi connectivity index (χ1n) is 23.8. The maximum Gasteiger partial charge on any atom is 0.0963 e. The normalized spacial score (nSPS) is 37.5. The molecule has 60 heavy (non-hydrogen) atoms. The molecular weight excluding hydrogens is 754 g/mol. The topological polar surface area (TPSA) is 38.3 Å². The predicted octanol–water partition coefficient (Wildman–Crippen LogP) is 12.4. The van der Waals surface area contributed by atoms with E-state index in [9.17, 15) is 5.21 Å². The largest absolute Gasteiger partial charge is 0.633 e. The van der Waals surface area contributed by atoms with Crippen LogP contribution in [0.15, 0.2) is 54.6 Å². The summed E-state index contributed by atoms with van der Waals surface area (Å²) in [7, 11) is 4.27. The quantitative estimate of drug-likeness (QED) is 0.181. The van der Waals surface area contributed by atoms with Crippen LogP contribution in [0.1, 0.15) is 161 Å². The van der Waals surface area contributed by atoms with Crippen molar-refractivity contribution in [2.75, 3.05) is 33.7 Å². The molecule has 330 valence electrons. The number of halogens is 1. The number of likely N-dealkylation sites (tertiary alicyclic amines) is 2. The summed E-state index contributed by atoms with van der Waals surface area (Å²) >= 11 is 0. The summed E-state index contributed by atoms with van der Waals surface area (Å²) in [5.74, 6) is 2.46. The average molecular weight is 837 g/mol. The fourth-order valence-electron chi connectivity index (χ4n) is 15.8. The number of hydrogen-bond acceptors (Lipinski definition) is 3. The van der Waals surface area contributed by atoms with Crippen molar-refractivity contribution >= 4 is 12.4 Å². The number of hydroxylamine groups is 3. The molecule has 10 atom stereocenters. The number of likely N-dealkylation sites (N-methyl/N-ethyl adjacent to an activating group) is 2. The molecule has 6 unspecified atom stereocenters. The van der Waals surface area contributed by atoms with Gasteiger partial charge in [-0.15, -0.1) is 12.4 Å². The summed E-state index contributed by atoms with van der Waals surface area (Å²) in [5, 5.41) is 16.7. The molecule has 6 fully saturated rings. The minimum Gasteiger partial charge on any atom is -0.633 e. The van der Waals surface area contributed by atoms with Crippen LogP contribution in [-0.4, -0.2) is 61.4 Å². The van der Waals surface area contributed by atoms with E-state index in [1.54, 1.807) is 27.8 Å². The zero-order valence-corrected chi connectivity index (χ0v) is 37.5. The first-order chi connectivity index (χ1) is 27.5. The first-order valence-corrected chi connectivity index (χ1v) is 23.8. The maximum absolute atomic E-state index is 12.9. The van der Waals surface area contributed by atoms with Crippen molar-refractivity contribution in [1.29, 1.82) is 0 Å². The van der Waals surface area contributed by atoms with Crippen LogP contribution in [0.4, 0.5) is 0 Å². The minimum atomic E-state index is -0.000265. The third-order valence-electron chi connectivity index (χ3n) is 18.6. The van der Waals surface area contributed by atoms with Crippen LogP contribution in [0.2, 0.25) is 0 Å². The van der Waals surface area contributed by atoms with Crippen LogP contribution in [0.25, 0.3) is 0 Å². The second-order valence-electron chi connectivity index (χ2n) is 21.4. The molecule has 3 aromatic carbocycles. The van der Waals surface area contributed by atoms with Gasteiger partial charge in [0, 0.05) is 47.1 Å². The SMILES string of the molecule is C.C.Cc1ccc2c(c1)[C@]13CCCCC1C(C2)N(C)CC3.Cc1ccc2c(c1)[C@]13CCCCC1C(C2)NCC3.Cc1ccc2c(c1)[C@]13CCCCC1C(C2)[N@@+](C)([O-])CC3.Cl. The van der Waals surface area contributed by atoms with Crippen molar-refractivity contribution in [3.63, 3.8) is 0 Å². The van der Waals surface area contributed by atoms with Gasteiger partial charge >= 0.3 is 0 Å². The van der Waals surface area contributed by atoms with Crippen molar-refractivity contribution in [3.8, 4) is 0 Å². The van der Waals surface area contributed by atoms with E-state index >= 15 is 0 Å². The van der Waals surface area contributed by atoms with Crippen LogP contribution in [0.3, 0.4) is 0 Å². The highest BCUT2D eigenvalue weighted by Gasteiger charge is 2.57. The Bertz CT molecular complexity index is 1990. The highest BCUT2D eigenvalue weighted by atomic mass is 35.5. The molecule has 5 heteroatoms. The lowest BCUT2D eigenvalue weighted by atomic mass is 9.52. The second kappa shape index (κ2) is 17.4. The predicted molar refractivity (Wildman–Crippen MR) is 257 cm³/mol. The zero-order chi connectivity index (χ0) is 39.2. The molecule has 6 aliphatic carbocycles. The summed E-state index contributed by atoms with van der Waals surface area (Å²) < 4.78 is -0.000265. The summed E-state index contributed by atoms with van der Waals surface area (Å²) in [6.45, 7) is 10.1. The van der Waals surface area contributed by atoms with Gasteiger partial charge in [-0.1, -0.05) is 125 Å². The molecule has 0 radical (unpaired) electrons. The number of benzene rings is 3. The number of quaternary nitrogens is 1. The van der Waals surface area contributed by atoms with Crippen LogP contribution >= 0.6 is 12.4 Å². The van der Waals surface area contributed by atoms with Crippen molar-refractivity contribution < 1.29 is 4.65 Å². The number of aryl methyl sites for hydroxylation is 3. The fourth-order valence-corrected chi connectivity index (χ4v) is 15.8. The van der Waals surface area contributed by atoms with Gasteiger partial charge in [0.25, 0.3) is 0 Å². The Morgan fingerprint density at radius 1 is 0.600 bits per heavy atom. The van der Waals surface area contributed by atoms with Crippen LogP contribution in [0.5, 0.6) is 0 Å². The molecule has 12 rings (SSSR count). The van der Waals surface area contributed by atoms with E-state index in [1.807, 2.05) is 7.05 Å². The number of fused-ring (bicyclic) bond motifs is 3. The van der Waals surface area contributed by atoms with Gasteiger partial charge in [0.05, 0.1) is 19.6 Å². The Balaban J connectivity index is 0.000000133. The Hall–Kier alpha value is -2.21. The molecule has 0 spiro atoms. The molecule has 3 aliphatic heterocycles. The Kier molecular flexibility index (Phi) is 13.3. The van der Waals surface area contributed by atoms with Crippen molar-refractivity contribution in [2.24, 2.45) is 17.8 Å². The summed E-state index contributed by atoms with van der Waals surface area (Å²) in [6.07, 6.45) is 24.2. The lowest BCUT2D eigenvalue weighted by Gasteiger charge is -2.63. The highest BCUT2D eigenvalue weighted by molar-refractivity contribution is 5.85. The molecule has 3 saturated heterocycles. The monoisotopic (exact) mass is 836 g/mol. The Morgan fingerprint density at radius 2 is 1.08 bits per heavy atom. The number of nitrogens with one attached hydrogen (secondary N) is 1. The van der Waals surface area contributed by atoms with E-state index in [-0.39, 0.29) is 31.9 Å².